The first-order valence-electron chi connectivity index (χ1n) is 7.65. The summed E-state index contributed by atoms with van der Waals surface area (Å²) in [4.78, 5) is 22.3. The second-order valence-electron chi connectivity index (χ2n) is 5.55. The largest absolute Gasteiger partial charge is 0.431 e. The van der Waals surface area contributed by atoms with Crippen molar-refractivity contribution in [3.63, 3.8) is 0 Å². The van der Waals surface area contributed by atoms with Crippen molar-refractivity contribution in [1.82, 2.24) is 20.3 Å². The van der Waals surface area contributed by atoms with Gasteiger partial charge in [-0.15, -0.1) is 0 Å². The van der Waals surface area contributed by atoms with E-state index in [4.69, 9.17) is 0 Å². The quantitative estimate of drug-likeness (QED) is 0.758. The maximum Gasteiger partial charge on any atom is 0.431 e. The molecular formula is C17H15F3N4O. The van der Waals surface area contributed by atoms with Crippen LogP contribution in [0.4, 0.5) is 13.2 Å². The molecule has 0 aliphatic carbocycles. The van der Waals surface area contributed by atoms with Crippen molar-refractivity contribution >= 4 is 16.8 Å². The summed E-state index contributed by atoms with van der Waals surface area (Å²) in [7, 11) is 0. The fourth-order valence-corrected chi connectivity index (χ4v) is 2.36. The van der Waals surface area contributed by atoms with Crippen molar-refractivity contribution in [3.8, 4) is 0 Å². The molecule has 0 saturated carbocycles. The van der Waals surface area contributed by atoms with Gasteiger partial charge in [-0.25, -0.2) is 9.97 Å². The summed E-state index contributed by atoms with van der Waals surface area (Å²) in [5, 5.41) is 3.09. The average Bonchev–Trinajstić information content (AvgIpc) is 3.03. The van der Waals surface area contributed by atoms with E-state index >= 15 is 0 Å². The maximum absolute atomic E-state index is 12.7. The SMILES string of the molecule is CCc1cnc(C(=O)NCc2ccc3[nH]c(C(F)(F)F)cc3c2)nc1. The Kier molecular flexibility index (Phi) is 4.43. The van der Waals surface area contributed by atoms with Gasteiger partial charge in [0.05, 0.1) is 0 Å². The number of halogens is 3. The van der Waals surface area contributed by atoms with Crippen LogP contribution in [0.25, 0.3) is 10.9 Å². The zero-order chi connectivity index (χ0) is 18.0. The van der Waals surface area contributed by atoms with Crippen LogP contribution >= 0.6 is 0 Å². The van der Waals surface area contributed by atoms with Crippen LogP contribution in [0.1, 0.15) is 34.4 Å². The van der Waals surface area contributed by atoms with Crippen LogP contribution in [0.5, 0.6) is 0 Å². The number of aryl methyl sites for hydroxylation is 1. The predicted molar refractivity (Wildman–Crippen MR) is 85.9 cm³/mol. The van der Waals surface area contributed by atoms with Crippen molar-refractivity contribution < 1.29 is 18.0 Å². The molecule has 0 fully saturated rings. The highest BCUT2D eigenvalue weighted by molar-refractivity contribution is 5.90. The van der Waals surface area contributed by atoms with Crippen LogP contribution in [-0.2, 0) is 19.1 Å². The first-order valence-corrected chi connectivity index (χ1v) is 7.65. The highest BCUT2D eigenvalue weighted by Gasteiger charge is 2.32. The van der Waals surface area contributed by atoms with E-state index in [1.165, 1.54) is 0 Å². The van der Waals surface area contributed by atoms with E-state index < -0.39 is 17.8 Å². The highest BCUT2D eigenvalue weighted by Crippen LogP contribution is 2.31. The Hall–Kier alpha value is -2.90. The minimum Gasteiger partial charge on any atom is -0.351 e. The Bertz CT molecular complexity index is 900. The molecule has 0 atom stereocenters. The fourth-order valence-electron chi connectivity index (χ4n) is 2.36. The Morgan fingerprint density at radius 2 is 1.88 bits per heavy atom. The molecule has 3 aromatic rings. The number of nitrogens with zero attached hydrogens (tertiary/aromatic N) is 2. The molecule has 0 unspecified atom stereocenters. The van der Waals surface area contributed by atoms with E-state index in [-0.39, 0.29) is 12.4 Å². The van der Waals surface area contributed by atoms with E-state index in [1.54, 1.807) is 30.6 Å². The van der Waals surface area contributed by atoms with E-state index in [9.17, 15) is 18.0 Å². The zero-order valence-corrected chi connectivity index (χ0v) is 13.3. The molecule has 2 heterocycles. The number of rotatable bonds is 4. The topological polar surface area (TPSA) is 70.7 Å². The third-order valence-electron chi connectivity index (χ3n) is 3.76. The minimum atomic E-state index is -4.42. The van der Waals surface area contributed by atoms with Gasteiger partial charge >= 0.3 is 6.18 Å². The van der Waals surface area contributed by atoms with E-state index in [0.29, 0.717) is 16.5 Å². The molecule has 5 nitrogen and oxygen atoms in total. The third-order valence-corrected chi connectivity index (χ3v) is 3.76. The molecule has 2 aromatic heterocycles. The summed E-state index contributed by atoms with van der Waals surface area (Å²) in [5.41, 5.74) is 1.20. The van der Waals surface area contributed by atoms with Crippen LogP contribution < -0.4 is 5.32 Å². The van der Waals surface area contributed by atoms with Gasteiger partial charge in [0.25, 0.3) is 5.91 Å². The first kappa shape index (κ1) is 16.9. The summed E-state index contributed by atoms with van der Waals surface area (Å²) in [6.45, 7) is 2.12. The van der Waals surface area contributed by atoms with Crippen LogP contribution in [0.3, 0.4) is 0 Å². The Balaban J connectivity index is 1.71. The molecule has 3 rings (SSSR count). The normalized spacial score (nSPS) is 11.7. The van der Waals surface area contributed by atoms with E-state index in [0.717, 1.165) is 18.1 Å². The second kappa shape index (κ2) is 6.54. The predicted octanol–water partition coefficient (Wildman–Crippen LogP) is 3.47. The van der Waals surface area contributed by atoms with E-state index in [2.05, 4.69) is 20.3 Å². The molecule has 0 spiro atoms. The van der Waals surface area contributed by atoms with Gasteiger partial charge in [-0.1, -0.05) is 13.0 Å². The summed E-state index contributed by atoms with van der Waals surface area (Å²) in [5.74, 6) is -0.382. The summed E-state index contributed by atoms with van der Waals surface area (Å²) < 4.78 is 38.2. The molecule has 1 aromatic carbocycles. The molecular weight excluding hydrogens is 333 g/mol. The first-order chi connectivity index (χ1) is 11.9. The number of hydrogen-bond acceptors (Lipinski definition) is 3. The van der Waals surface area contributed by atoms with Crippen LogP contribution in [0.2, 0.25) is 0 Å². The lowest BCUT2D eigenvalue weighted by Gasteiger charge is -2.05. The number of aromatic amines is 1. The number of amides is 1. The number of alkyl halides is 3. The molecule has 2 N–H and O–H groups in total. The molecule has 0 aliphatic heterocycles. The number of hydrogen-bond donors (Lipinski definition) is 2. The van der Waals surface area contributed by atoms with Crippen molar-refractivity contribution in [1.29, 1.82) is 0 Å². The molecule has 25 heavy (non-hydrogen) atoms. The zero-order valence-electron chi connectivity index (χ0n) is 13.3. The molecule has 0 bridgehead atoms. The number of carbonyl (C=O) groups is 1. The van der Waals surface area contributed by atoms with Crippen LogP contribution in [0.15, 0.2) is 36.7 Å². The van der Waals surface area contributed by atoms with Gasteiger partial charge in [0.15, 0.2) is 0 Å². The second-order valence-corrected chi connectivity index (χ2v) is 5.55. The van der Waals surface area contributed by atoms with Gasteiger partial charge in [0.2, 0.25) is 5.82 Å². The third kappa shape index (κ3) is 3.78. The van der Waals surface area contributed by atoms with Crippen molar-refractivity contribution in [3.05, 3.63) is 59.3 Å². The molecule has 0 aliphatic rings. The number of H-pyrrole nitrogens is 1. The molecule has 0 saturated heterocycles. The smallest absolute Gasteiger partial charge is 0.351 e. The summed E-state index contributed by atoms with van der Waals surface area (Å²) >= 11 is 0. The van der Waals surface area contributed by atoms with Gasteiger partial charge in [0.1, 0.15) is 5.69 Å². The van der Waals surface area contributed by atoms with Crippen molar-refractivity contribution in [2.24, 2.45) is 0 Å². The Morgan fingerprint density at radius 3 is 2.52 bits per heavy atom. The number of nitrogens with one attached hydrogen (secondary N) is 2. The van der Waals surface area contributed by atoms with Gasteiger partial charge < -0.3 is 10.3 Å². The number of aromatic nitrogens is 3. The van der Waals surface area contributed by atoms with Gasteiger partial charge in [-0.2, -0.15) is 13.2 Å². The lowest BCUT2D eigenvalue weighted by molar-refractivity contribution is -0.140. The van der Waals surface area contributed by atoms with Crippen molar-refractivity contribution in [2.75, 3.05) is 0 Å². The number of carbonyl (C=O) groups excluding carboxylic acids is 1. The standard InChI is InChI=1S/C17H15F3N4O/c1-2-10-7-21-15(22-8-10)16(25)23-9-11-3-4-13-12(5-11)6-14(24-13)17(18,19)20/h3-8,24H,2,9H2,1H3,(H,23,25). The molecule has 1 amide bonds. The lowest BCUT2D eigenvalue weighted by Crippen LogP contribution is -2.24. The van der Waals surface area contributed by atoms with Crippen LogP contribution in [-0.4, -0.2) is 20.9 Å². The summed E-state index contributed by atoms with van der Waals surface area (Å²) in [6.07, 6.45) is -0.466. The fraction of sp³-hybridized carbons (Fsp3) is 0.235. The highest BCUT2D eigenvalue weighted by atomic mass is 19.4. The van der Waals surface area contributed by atoms with Crippen LogP contribution in [0, 0.1) is 0 Å². The van der Waals surface area contributed by atoms with Gasteiger partial charge in [0, 0.05) is 29.8 Å². The molecule has 130 valence electrons. The van der Waals surface area contributed by atoms with Gasteiger partial charge in [-0.3, -0.25) is 4.79 Å². The number of fused-ring (bicyclic) bond motifs is 1. The summed E-state index contributed by atoms with van der Waals surface area (Å²) in [6, 6.07) is 5.86. The van der Waals surface area contributed by atoms with Gasteiger partial charge in [-0.05, 0) is 35.7 Å². The lowest BCUT2D eigenvalue weighted by atomic mass is 10.1. The Labute approximate surface area is 141 Å². The minimum absolute atomic E-state index is 0.0549. The molecule has 0 radical (unpaired) electrons. The van der Waals surface area contributed by atoms with E-state index in [1.807, 2.05) is 6.92 Å². The molecule has 8 heteroatoms. The Morgan fingerprint density at radius 1 is 1.16 bits per heavy atom. The monoisotopic (exact) mass is 348 g/mol. The number of benzene rings is 1. The maximum atomic E-state index is 12.7. The average molecular weight is 348 g/mol. The van der Waals surface area contributed by atoms with Crippen molar-refractivity contribution in [2.45, 2.75) is 26.1 Å².